The van der Waals surface area contributed by atoms with Gasteiger partial charge in [-0.2, -0.15) is 0 Å². The molecule has 0 aromatic heterocycles. The normalized spacial score (nSPS) is 20.2. The van der Waals surface area contributed by atoms with Gasteiger partial charge < -0.3 is 4.74 Å². The van der Waals surface area contributed by atoms with Gasteiger partial charge in [0.25, 0.3) is 0 Å². The highest BCUT2D eigenvalue weighted by molar-refractivity contribution is 5.37. The summed E-state index contributed by atoms with van der Waals surface area (Å²) in [5, 5.41) is 0. The van der Waals surface area contributed by atoms with E-state index in [4.69, 9.17) is 10.6 Å². The summed E-state index contributed by atoms with van der Waals surface area (Å²) >= 11 is 0. The fourth-order valence-corrected chi connectivity index (χ4v) is 2.23. The molecular weight excluding hydrogens is 200 g/mol. The molecule has 2 unspecified atom stereocenters. The lowest BCUT2D eigenvalue weighted by atomic mass is 10.0. The largest absolute Gasteiger partial charge is 0.488 e. The van der Waals surface area contributed by atoms with E-state index in [2.05, 4.69) is 24.5 Å². The summed E-state index contributed by atoms with van der Waals surface area (Å²) in [4.78, 5) is 0. The van der Waals surface area contributed by atoms with Gasteiger partial charge in [-0.3, -0.25) is 11.3 Å². The van der Waals surface area contributed by atoms with Gasteiger partial charge in [0.15, 0.2) is 0 Å². The van der Waals surface area contributed by atoms with Crippen molar-refractivity contribution in [2.45, 2.75) is 44.8 Å². The molecule has 0 saturated heterocycles. The molecule has 1 aliphatic rings. The van der Waals surface area contributed by atoms with Crippen molar-refractivity contribution in [2.24, 2.45) is 5.84 Å². The van der Waals surface area contributed by atoms with Crippen LogP contribution >= 0.6 is 0 Å². The van der Waals surface area contributed by atoms with Crippen LogP contribution in [0, 0.1) is 0 Å². The summed E-state index contributed by atoms with van der Waals surface area (Å²) in [6, 6.07) is 8.48. The molecule has 3 N–H and O–H groups in total. The third kappa shape index (κ3) is 2.36. The number of rotatable bonds is 5. The van der Waals surface area contributed by atoms with Crippen LogP contribution < -0.4 is 16.0 Å². The van der Waals surface area contributed by atoms with E-state index in [0.717, 1.165) is 18.6 Å². The highest BCUT2D eigenvalue weighted by Gasteiger charge is 2.28. The zero-order chi connectivity index (χ0) is 11.4. The topological polar surface area (TPSA) is 47.3 Å². The predicted molar refractivity (Wildman–Crippen MR) is 65.2 cm³/mol. The molecular formula is C13H20N2O. The summed E-state index contributed by atoms with van der Waals surface area (Å²) in [5.74, 6) is 6.62. The van der Waals surface area contributed by atoms with Crippen molar-refractivity contribution in [1.82, 2.24) is 5.43 Å². The van der Waals surface area contributed by atoms with Crippen LogP contribution in [-0.4, -0.2) is 12.1 Å². The third-order valence-corrected chi connectivity index (χ3v) is 3.20. The summed E-state index contributed by atoms with van der Waals surface area (Å²) in [5.41, 5.74) is 4.18. The molecule has 0 fully saturated rings. The molecule has 0 saturated carbocycles. The Balaban J connectivity index is 1.98. The minimum atomic E-state index is 0.189. The number of nitrogens with one attached hydrogen (secondary N) is 1. The van der Waals surface area contributed by atoms with E-state index in [9.17, 15) is 0 Å². The van der Waals surface area contributed by atoms with Crippen LogP contribution in [0.4, 0.5) is 0 Å². The van der Waals surface area contributed by atoms with Crippen LogP contribution in [0.2, 0.25) is 0 Å². The van der Waals surface area contributed by atoms with Gasteiger partial charge in [-0.05, 0) is 18.1 Å². The van der Waals surface area contributed by atoms with Crippen molar-refractivity contribution < 1.29 is 4.74 Å². The highest BCUT2D eigenvalue weighted by Crippen LogP contribution is 2.30. The van der Waals surface area contributed by atoms with Gasteiger partial charge in [-0.15, -0.1) is 0 Å². The molecule has 1 aromatic carbocycles. The fourth-order valence-electron chi connectivity index (χ4n) is 2.23. The van der Waals surface area contributed by atoms with Gasteiger partial charge in [0.2, 0.25) is 0 Å². The van der Waals surface area contributed by atoms with E-state index >= 15 is 0 Å². The molecule has 3 nitrogen and oxygen atoms in total. The Morgan fingerprint density at radius 1 is 1.50 bits per heavy atom. The van der Waals surface area contributed by atoms with Crippen LogP contribution in [0.25, 0.3) is 0 Å². The third-order valence-electron chi connectivity index (χ3n) is 3.20. The number of ether oxygens (including phenoxy) is 1. The maximum atomic E-state index is 5.91. The monoisotopic (exact) mass is 220 g/mol. The lowest BCUT2D eigenvalue weighted by Gasteiger charge is -2.22. The number of para-hydroxylation sites is 1. The molecule has 3 heteroatoms. The predicted octanol–water partition coefficient (Wildman–Crippen LogP) is 2.01. The summed E-state index contributed by atoms with van der Waals surface area (Å²) < 4.78 is 5.91. The van der Waals surface area contributed by atoms with Gasteiger partial charge in [-0.25, -0.2) is 0 Å². The second-order valence-electron chi connectivity index (χ2n) is 4.38. The van der Waals surface area contributed by atoms with Gasteiger partial charge in [0, 0.05) is 6.42 Å². The molecule has 0 bridgehead atoms. The molecule has 0 amide bonds. The van der Waals surface area contributed by atoms with Crippen LogP contribution in [0.5, 0.6) is 5.75 Å². The number of nitrogens with two attached hydrogens (primary N) is 1. The number of hydrazine groups is 1. The lowest BCUT2D eigenvalue weighted by Crippen LogP contribution is -2.46. The van der Waals surface area contributed by atoms with Gasteiger partial charge in [0.05, 0.1) is 6.04 Å². The molecule has 1 aliphatic heterocycles. The Labute approximate surface area is 97.0 Å². The van der Waals surface area contributed by atoms with Crippen molar-refractivity contribution in [3.8, 4) is 5.75 Å². The average Bonchev–Trinajstić information content (AvgIpc) is 2.73. The molecule has 16 heavy (non-hydrogen) atoms. The molecule has 0 spiro atoms. The number of unbranched alkanes of at least 4 members (excludes halogenated alkanes) is 1. The van der Waals surface area contributed by atoms with Gasteiger partial charge >= 0.3 is 0 Å². The standard InChI is InChI=1S/C13H20N2O/c1-2-3-7-11(15-14)13-9-10-6-4-5-8-12(10)16-13/h4-6,8,11,13,15H,2-3,7,9,14H2,1H3. The van der Waals surface area contributed by atoms with E-state index in [1.165, 1.54) is 18.4 Å². The van der Waals surface area contributed by atoms with E-state index in [0.29, 0.717) is 0 Å². The Hall–Kier alpha value is -1.06. The first kappa shape index (κ1) is 11.4. The Morgan fingerprint density at radius 2 is 2.31 bits per heavy atom. The number of hydrogen-bond donors (Lipinski definition) is 2. The smallest absolute Gasteiger partial charge is 0.123 e. The molecule has 2 atom stereocenters. The SMILES string of the molecule is CCCCC(NN)C1Cc2ccccc2O1. The van der Waals surface area contributed by atoms with Crippen LogP contribution in [0.3, 0.4) is 0 Å². The maximum absolute atomic E-state index is 5.91. The zero-order valence-electron chi connectivity index (χ0n) is 9.78. The Morgan fingerprint density at radius 3 is 3.00 bits per heavy atom. The van der Waals surface area contributed by atoms with Crippen molar-refractivity contribution in [1.29, 1.82) is 0 Å². The van der Waals surface area contributed by atoms with E-state index in [-0.39, 0.29) is 12.1 Å². The number of fused-ring (bicyclic) bond motifs is 1. The molecule has 0 aliphatic carbocycles. The molecule has 1 heterocycles. The van der Waals surface area contributed by atoms with Crippen molar-refractivity contribution >= 4 is 0 Å². The minimum Gasteiger partial charge on any atom is -0.488 e. The van der Waals surface area contributed by atoms with Crippen LogP contribution in [0.15, 0.2) is 24.3 Å². The van der Waals surface area contributed by atoms with Gasteiger partial charge in [0.1, 0.15) is 11.9 Å². The van der Waals surface area contributed by atoms with Crippen molar-refractivity contribution in [3.05, 3.63) is 29.8 Å². The summed E-state index contributed by atoms with van der Waals surface area (Å²) in [6.07, 6.45) is 4.61. The first-order valence-electron chi connectivity index (χ1n) is 6.06. The Kier molecular flexibility index (Phi) is 3.80. The molecule has 0 radical (unpaired) electrons. The second kappa shape index (κ2) is 5.32. The van der Waals surface area contributed by atoms with Crippen molar-refractivity contribution in [2.75, 3.05) is 0 Å². The molecule has 1 aromatic rings. The first-order chi connectivity index (χ1) is 7.85. The lowest BCUT2D eigenvalue weighted by molar-refractivity contribution is 0.170. The second-order valence-corrected chi connectivity index (χ2v) is 4.38. The van der Waals surface area contributed by atoms with E-state index in [1.807, 2.05) is 12.1 Å². The van der Waals surface area contributed by atoms with E-state index in [1.54, 1.807) is 0 Å². The van der Waals surface area contributed by atoms with Crippen molar-refractivity contribution in [3.63, 3.8) is 0 Å². The first-order valence-corrected chi connectivity index (χ1v) is 6.06. The van der Waals surface area contributed by atoms with E-state index < -0.39 is 0 Å². The fraction of sp³-hybridized carbons (Fsp3) is 0.538. The minimum absolute atomic E-state index is 0.189. The summed E-state index contributed by atoms with van der Waals surface area (Å²) in [7, 11) is 0. The summed E-state index contributed by atoms with van der Waals surface area (Å²) in [6.45, 7) is 2.19. The Bertz CT molecular complexity index is 315. The quantitative estimate of drug-likeness (QED) is 0.589. The molecule has 88 valence electrons. The average molecular weight is 220 g/mol. The van der Waals surface area contributed by atoms with Crippen LogP contribution in [-0.2, 0) is 6.42 Å². The van der Waals surface area contributed by atoms with Gasteiger partial charge in [-0.1, -0.05) is 38.0 Å². The highest BCUT2D eigenvalue weighted by atomic mass is 16.5. The zero-order valence-corrected chi connectivity index (χ0v) is 9.78. The number of hydrogen-bond acceptors (Lipinski definition) is 3. The van der Waals surface area contributed by atoms with Crippen LogP contribution in [0.1, 0.15) is 31.7 Å². The number of benzene rings is 1. The maximum Gasteiger partial charge on any atom is 0.123 e. The molecule has 2 rings (SSSR count).